The van der Waals surface area contributed by atoms with Crippen LogP contribution in [0.1, 0.15) is 24.8 Å². The van der Waals surface area contributed by atoms with Crippen LogP contribution in [0.15, 0.2) is 24.3 Å². The number of hydrogen-bond donors (Lipinski definition) is 0. The van der Waals surface area contributed by atoms with E-state index in [0.717, 1.165) is 0 Å². The van der Waals surface area contributed by atoms with Gasteiger partial charge in [-0.25, -0.2) is 0 Å². The van der Waals surface area contributed by atoms with Crippen LogP contribution in [0.5, 0.6) is 0 Å². The molecule has 0 spiro atoms. The average Bonchev–Trinajstić information content (AvgIpc) is 2.25. The quantitative estimate of drug-likeness (QED) is 0.432. The number of nitrogens with zero attached hydrogens (tertiary/aromatic N) is 1. The highest BCUT2D eigenvalue weighted by atomic mass is 16.6. The summed E-state index contributed by atoms with van der Waals surface area (Å²) < 4.78 is 0. The maximum atomic E-state index is 10.9. The lowest BCUT2D eigenvalue weighted by Gasteiger charge is -2.08. The normalized spacial score (nSPS) is 11.8. The summed E-state index contributed by atoms with van der Waals surface area (Å²) in [5.41, 5.74) is 0.165. The number of nitro groups is 1. The SMILES string of the molecule is CC(=O)CC(C=O)c1ccccc1[N+](=O)[O-]. The van der Waals surface area contributed by atoms with Crippen LogP contribution in [-0.4, -0.2) is 17.0 Å². The van der Waals surface area contributed by atoms with E-state index in [-0.39, 0.29) is 23.5 Å². The first-order valence-electron chi connectivity index (χ1n) is 4.74. The summed E-state index contributed by atoms with van der Waals surface area (Å²) in [5, 5.41) is 10.7. The van der Waals surface area contributed by atoms with Crippen LogP contribution in [0.25, 0.3) is 0 Å². The number of rotatable bonds is 5. The third kappa shape index (κ3) is 2.73. The highest BCUT2D eigenvalue weighted by molar-refractivity contribution is 5.81. The Morgan fingerprint density at radius 2 is 2.12 bits per heavy atom. The zero-order chi connectivity index (χ0) is 12.1. The minimum absolute atomic E-state index is 0.00560. The number of nitro benzene ring substituents is 1. The van der Waals surface area contributed by atoms with Crippen molar-refractivity contribution in [3.8, 4) is 0 Å². The Hall–Kier alpha value is -2.04. The smallest absolute Gasteiger partial charge is 0.273 e. The first-order chi connectivity index (χ1) is 7.56. The van der Waals surface area contributed by atoms with Gasteiger partial charge in [-0.2, -0.15) is 0 Å². The molecule has 0 radical (unpaired) electrons. The molecule has 84 valence electrons. The van der Waals surface area contributed by atoms with E-state index in [1.54, 1.807) is 6.07 Å². The van der Waals surface area contributed by atoms with Gasteiger partial charge < -0.3 is 4.79 Å². The molecular formula is C11H11NO4. The first kappa shape index (κ1) is 12.0. The van der Waals surface area contributed by atoms with Crippen LogP contribution in [0.2, 0.25) is 0 Å². The molecular weight excluding hydrogens is 210 g/mol. The minimum Gasteiger partial charge on any atom is -0.303 e. The molecule has 0 saturated carbocycles. The van der Waals surface area contributed by atoms with E-state index in [9.17, 15) is 19.7 Å². The largest absolute Gasteiger partial charge is 0.303 e. The third-order valence-electron chi connectivity index (χ3n) is 2.20. The molecule has 16 heavy (non-hydrogen) atoms. The highest BCUT2D eigenvalue weighted by Crippen LogP contribution is 2.27. The van der Waals surface area contributed by atoms with E-state index >= 15 is 0 Å². The number of hydrogen-bond acceptors (Lipinski definition) is 4. The molecule has 0 saturated heterocycles. The van der Waals surface area contributed by atoms with Gasteiger partial charge in [0.05, 0.1) is 10.8 Å². The number of para-hydroxylation sites is 1. The van der Waals surface area contributed by atoms with Crippen LogP contribution in [0, 0.1) is 10.1 Å². The lowest BCUT2D eigenvalue weighted by Crippen LogP contribution is -2.08. The fraction of sp³-hybridized carbons (Fsp3) is 0.273. The van der Waals surface area contributed by atoms with Gasteiger partial charge in [0.15, 0.2) is 0 Å². The van der Waals surface area contributed by atoms with Crippen LogP contribution in [-0.2, 0) is 9.59 Å². The zero-order valence-corrected chi connectivity index (χ0v) is 8.75. The van der Waals surface area contributed by atoms with Crippen LogP contribution in [0.3, 0.4) is 0 Å². The molecule has 0 aromatic heterocycles. The van der Waals surface area contributed by atoms with E-state index in [2.05, 4.69) is 0 Å². The summed E-state index contributed by atoms with van der Waals surface area (Å²) in [5.74, 6) is -0.908. The number of ketones is 1. The Labute approximate surface area is 92.2 Å². The molecule has 1 unspecified atom stereocenters. The van der Waals surface area contributed by atoms with Crippen molar-refractivity contribution in [1.29, 1.82) is 0 Å². The molecule has 1 rings (SSSR count). The molecule has 0 amide bonds. The van der Waals surface area contributed by atoms with Crippen molar-refractivity contribution < 1.29 is 14.5 Å². The maximum Gasteiger partial charge on any atom is 0.273 e. The van der Waals surface area contributed by atoms with Crippen LogP contribution >= 0.6 is 0 Å². The van der Waals surface area contributed by atoms with E-state index in [0.29, 0.717) is 6.29 Å². The standard InChI is InChI=1S/C11H11NO4/c1-8(14)6-9(7-13)10-4-2-3-5-11(10)12(15)16/h2-5,7,9H,6H2,1H3. The van der Waals surface area contributed by atoms with Gasteiger partial charge in [-0.15, -0.1) is 0 Å². The van der Waals surface area contributed by atoms with Gasteiger partial charge in [0.25, 0.3) is 5.69 Å². The van der Waals surface area contributed by atoms with Gasteiger partial charge in [-0.05, 0) is 6.92 Å². The van der Waals surface area contributed by atoms with E-state index in [4.69, 9.17) is 0 Å². The Balaban J connectivity index is 3.13. The second-order valence-corrected chi connectivity index (χ2v) is 3.46. The molecule has 0 fully saturated rings. The summed E-state index contributed by atoms with van der Waals surface area (Å²) >= 11 is 0. The molecule has 0 bridgehead atoms. The molecule has 1 atom stereocenters. The zero-order valence-electron chi connectivity index (χ0n) is 8.75. The first-order valence-corrected chi connectivity index (χ1v) is 4.74. The van der Waals surface area contributed by atoms with Crippen molar-refractivity contribution in [2.24, 2.45) is 0 Å². The fourth-order valence-electron chi connectivity index (χ4n) is 1.51. The van der Waals surface area contributed by atoms with Gasteiger partial charge in [-0.3, -0.25) is 14.9 Å². The topological polar surface area (TPSA) is 77.3 Å². The summed E-state index contributed by atoms with van der Waals surface area (Å²) in [4.78, 5) is 32.0. The fourth-order valence-corrected chi connectivity index (χ4v) is 1.51. The summed E-state index contributed by atoms with van der Waals surface area (Å²) in [7, 11) is 0. The average molecular weight is 221 g/mol. The molecule has 0 aliphatic heterocycles. The molecule has 0 heterocycles. The van der Waals surface area contributed by atoms with Gasteiger partial charge in [0.2, 0.25) is 0 Å². The molecule has 1 aromatic carbocycles. The number of Topliss-reactive ketones (excluding diaryl/α,β-unsaturated/α-hetero) is 1. The molecule has 1 aromatic rings. The van der Waals surface area contributed by atoms with Crippen LogP contribution in [0.4, 0.5) is 5.69 Å². The second-order valence-electron chi connectivity index (χ2n) is 3.46. The third-order valence-corrected chi connectivity index (χ3v) is 2.20. The van der Waals surface area contributed by atoms with Crippen molar-refractivity contribution in [3.63, 3.8) is 0 Å². The molecule has 5 heteroatoms. The monoisotopic (exact) mass is 221 g/mol. The van der Waals surface area contributed by atoms with Crippen molar-refractivity contribution in [2.75, 3.05) is 0 Å². The predicted molar refractivity (Wildman–Crippen MR) is 57.2 cm³/mol. The van der Waals surface area contributed by atoms with Crippen molar-refractivity contribution in [1.82, 2.24) is 0 Å². The summed E-state index contributed by atoms with van der Waals surface area (Å²) in [6.45, 7) is 1.35. The lowest BCUT2D eigenvalue weighted by atomic mass is 9.94. The molecule has 0 N–H and O–H groups in total. The van der Waals surface area contributed by atoms with E-state index in [1.807, 2.05) is 0 Å². The van der Waals surface area contributed by atoms with Crippen molar-refractivity contribution >= 4 is 17.8 Å². The predicted octanol–water partition coefficient (Wildman–Crippen LogP) is 1.86. The summed E-state index contributed by atoms with van der Waals surface area (Å²) in [6, 6.07) is 5.96. The lowest BCUT2D eigenvalue weighted by molar-refractivity contribution is -0.385. The Bertz CT molecular complexity index is 428. The molecule has 0 aliphatic carbocycles. The number of carbonyl (C=O) groups is 2. The van der Waals surface area contributed by atoms with Crippen molar-refractivity contribution in [2.45, 2.75) is 19.3 Å². The Kier molecular flexibility index (Phi) is 3.88. The van der Waals surface area contributed by atoms with Crippen LogP contribution < -0.4 is 0 Å². The summed E-state index contributed by atoms with van der Waals surface area (Å²) in [6.07, 6.45) is 0.568. The number of carbonyl (C=O) groups excluding carboxylic acids is 2. The van der Waals surface area contributed by atoms with E-state index < -0.39 is 10.8 Å². The maximum absolute atomic E-state index is 10.9. The highest BCUT2D eigenvalue weighted by Gasteiger charge is 2.22. The van der Waals surface area contributed by atoms with Gasteiger partial charge in [0, 0.05) is 18.1 Å². The molecule has 0 aliphatic rings. The van der Waals surface area contributed by atoms with E-state index in [1.165, 1.54) is 25.1 Å². The van der Waals surface area contributed by atoms with Gasteiger partial charge >= 0.3 is 0 Å². The number of benzene rings is 1. The van der Waals surface area contributed by atoms with Gasteiger partial charge in [0.1, 0.15) is 12.1 Å². The Morgan fingerprint density at radius 3 is 2.62 bits per heavy atom. The second kappa shape index (κ2) is 5.16. The number of aldehydes is 1. The van der Waals surface area contributed by atoms with Gasteiger partial charge in [-0.1, -0.05) is 18.2 Å². The Morgan fingerprint density at radius 1 is 1.50 bits per heavy atom. The minimum atomic E-state index is -0.737. The molecule has 5 nitrogen and oxygen atoms in total. The van der Waals surface area contributed by atoms with Crippen molar-refractivity contribution in [3.05, 3.63) is 39.9 Å².